The summed E-state index contributed by atoms with van der Waals surface area (Å²) in [5.41, 5.74) is 16.5. The van der Waals surface area contributed by atoms with E-state index in [2.05, 4.69) is 242 Å². The Morgan fingerprint density at radius 2 is 0.556 bits per heavy atom. The maximum atomic E-state index is 2.33. The maximum absolute atomic E-state index is 2.33. The third kappa shape index (κ3) is 7.79. The van der Waals surface area contributed by atoms with Gasteiger partial charge in [-0.2, -0.15) is 0 Å². The summed E-state index contributed by atoms with van der Waals surface area (Å²) >= 11 is 0. The summed E-state index contributed by atoms with van der Waals surface area (Å²) in [5, 5.41) is 0. The molecule has 0 N–H and O–H groups in total. The molecule has 0 aromatic heterocycles. The van der Waals surface area contributed by atoms with Gasteiger partial charge in [0, 0.05) is 34.1 Å². The Hall–Kier alpha value is -6.90. The van der Waals surface area contributed by atoms with E-state index in [4.69, 9.17) is 0 Å². The molecule has 0 fully saturated rings. The third-order valence-corrected chi connectivity index (χ3v) is 9.72. The minimum Gasteiger partial charge on any atom is -0.311 e. The number of para-hydroxylation sites is 3. The first kappa shape index (κ1) is 34.2. The van der Waals surface area contributed by atoms with Gasteiger partial charge in [0.25, 0.3) is 0 Å². The standard InChI is InChI=1S/C52H42N2/c1-39-36-40(2)38-52(37-39)54(49-16-10-5-11-17-49)51-34-30-46(31-35-51)44-26-22-42(23-27-44)19-18-41-20-24-43(25-21-41)45-28-32-50(33-29-45)53(47-12-6-3-7-13-47)48-14-8-4-9-15-48/h3-38H,1-2H3/b19-18+. The van der Waals surface area contributed by atoms with Crippen LogP contribution in [-0.2, 0) is 0 Å². The van der Waals surface area contributed by atoms with Gasteiger partial charge in [0.2, 0.25) is 0 Å². The van der Waals surface area contributed by atoms with Gasteiger partial charge in [0.05, 0.1) is 0 Å². The second-order valence-corrected chi connectivity index (χ2v) is 13.7. The minimum atomic E-state index is 1.13. The zero-order valence-electron chi connectivity index (χ0n) is 30.7. The zero-order valence-corrected chi connectivity index (χ0v) is 30.7. The average Bonchev–Trinajstić information content (AvgIpc) is 3.22. The van der Waals surface area contributed by atoms with Gasteiger partial charge in [-0.05, 0) is 131 Å². The van der Waals surface area contributed by atoms with E-state index in [1.54, 1.807) is 0 Å². The molecule has 2 nitrogen and oxygen atoms in total. The second kappa shape index (κ2) is 15.8. The van der Waals surface area contributed by atoms with Gasteiger partial charge < -0.3 is 9.80 Å². The normalized spacial score (nSPS) is 11.1. The second-order valence-electron chi connectivity index (χ2n) is 13.7. The molecule has 0 amide bonds. The Bertz CT molecular complexity index is 2390. The fourth-order valence-corrected chi connectivity index (χ4v) is 7.08. The van der Waals surface area contributed by atoms with E-state index >= 15 is 0 Å². The lowest BCUT2D eigenvalue weighted by Crippen LogP contribution is -2.10. The van der Waals surface area contributed by atoms with Crippen molar-refractivity contribution >= 4 is 46.3 Å². The predicted molar refractivity (Wildman–Crippen MR) is 232 cm³/mol. The average molecular weight is 695 g/mol. The molecule has 0 saturated heterocycles. The molecule has 54 heavy (non-hydrogen) atoms. The van der Waals surface area contributed by atoms with E-state index in [-0.39, 0.29) is 0 Å². The molecular formula is C52H42N2. The summed E-state index contributed by atoms with van der Waals surface area (Å²) in [5.74, 6) is 0. The van der Waals surface area contributed by atoms with Gasteiger partial charge in [0.15, 0.2) is 0 Å². The molecule has 0 bridgehead atoms. The molecule has 0 aliphatic heterocycles. The summed E-state index contributed by atoms with van der Waals surface area (Å²) < 4.78 is 0. The van der Waals surface area contributed by atoms with E-state index in [1.807, 2.05) is 0 Å². The van der Waals surface area contributed by atoms with Crippen LogP contribution in [0.4, 0.5) is 34.1 Å². The van der Waals surface area contributed by atoms with Gasteiger partial charge >= 0.3 is 0 Å². The first-order valence-corrected chi connectivity index (χ1v) is 18.5. The molecule has 0 aliphatic carbocycles. The molecular weight excluding hydrogens is 653 g/mol. The highest BCUT2D eigenvalue weighted by Gasteiger charge is 2.14. The molecule has 0 atom stereocenters. The largest absolute Gasteiger partial charge is 0.311 e. The lowest BCUT2D eigenvalue weighted by molar-refractivity contribution is 1.25. The van der Waals surface area contributed by atoms with Gasteiger partial charge in [-0.1, -0.05) is 146 Å². The fraction of sp³-hybridized carbons (Fsp3) is 0.0385. The van der Waals surface area contributed by atoms with Crippen LogP contribution in [-0.4, -0.2) is 0 Å². The highest BCUT2D eigenvalue weighted by atomic mass is 15.1. The lowest BCUT2D eigenvalue weighted by atomic mass is 10.0. The number of anilines is 6. The van der Waals surface area contributed by atoms with E-state index in [0.29, 0.717) is 0 Å². The first-order chi connectivity index (χ1) is 26.6. The van der Waals surface area contributed by atoms with Gasteiger partial charge in [-0.25, -0.2) is 0 Å². The van der Waals surface area contributed by atoms with Gasteiger partial charge in [0.1, 0.15) is 0 Å². The van der Waals surface area contributed by atoms with Crippen molar-refractivity contribution in [2.75, 3.05) is 9.80 Å². The molecule has 0 unspecified atom stereocenters. The summed E-state index contributed by atoms with van der Waals surface area (Å²) in [6.45, 7) is 4.32. The molecule has 2 heteroatoms. The van der Waals surface area contributed by atoms with Crippen molar-refractivity contribution in [1.82, 2.24) is 0 Å². The Kier molecular flexibility index (Phi) is 9.99. The van der Waals surface area contributed by atoms with Crippen molar-refractivity contribution in [1.29, 1.82) is 0 Å². The molecule has 0 saturated carbocycles. The Balaban J connectivity index is 0.945. The topological polar surface area (TPSA) is 6.48 Å². The molecule has 8 rings (SSSR count). The van der Waals surface area contributed by atoms with Crippen LogP contribution in [0.15, 0.2) is 206 Å². The van der Waals surface area contributed by atoms with Crippen molar-refractivity contribution in [3.8, 4) is 22.3 Å². The molecule has 260 valence electrons. The number of nitrogens with zero attached hydrogens (tertiary/aromatic N) is 2. The highest BCUT2D eigenvalue weighted by molar-refractivity contribution is 5.81. The molecule has 0 heterocycles. The smallest absolute Gasteiger partial charge is 0.0466 e. The first-order valence-electron chi connectivity index (χ1n) is 18.5. The van der Waals surface area contributed by atoms with Crippen molar-refractivity contribution < 1.29 is 0 Å². The molecule has 8 aromatic carbocycles. The predicted octanol–water partition coefficient (Wildman–Crippen LogP) is 14.7. The Labute approximate surface area is 319 Å². The van der Waals surface area contributed by atoms with Gasteiger partial charge in [-0.3, -0.25) is 0 Å². The number of benzene rings is 8. The van der Waals surface area contributed by atoms with Crippen LogP contribution < -0.4 is 9.80 Å². The summed E-state index contributed by atoms with van der Waals surface area (Å²) in [7, 11) is 0. The summed E-state index contributed by atoms with van der Waals surface area (Å²) in [6, 6.07) is 73.6. The summed E-state index contributed by atoms with van der Waals surface area (Å²) in [4.78, 5) is 4.61. The molecule has 8 aromatic rings. The van der Waals surface area contributed by atoms with Crippen molar-refractivity contribution in [2.24, 2.45) is 0 Å². The number of hydrogen-bond donors (Lipinski definition) is 0. The number of hydrogen-bond acceptors (Lipinski definition) is 2. The maximum Gasteiger partial charge on any atom is 0.0466 e. The third-order valence-electron chi connectivity index (χ3n) is 9.72. The zero-order chi connectivity index (χ0) is 36.7. The van der Waals surface area contributed by atoms with E-state index in [9.17, 15) is 0 Å². The van der Waals surface area contributed by atoms with E-state index < -0.39 is 0 Å². The van der Waals surface area contributed by atoms with Crippen molar-refractivity contribution in [3.63, 3.8) is 0 Å². The lowest BCUT2D eigenvalue weighted by Gasteiger charge is -2.26. The van der Waals surface area contributed by atoms with Crippen molar-refractivity contribution in [3.05, 3.63) is 229 Å². The summed E-state index contributed by atoms with van der Waals surface area (Å²) in [6.07, 6.45) is 4.36. The van der Waals surface area contributed by atoms with Crippen LogP contribution in [0.25, 0.3) is 34.4 Å². The van der Waals surface area contributed by atoms with E-state index in [0.717, 1.165) is 28.4 Å². The number of rotatable bonds is 10. The van der Waals surface area contributed by atoms with Crippen LogP contribution in [0.2, 0.25) is 0 Å². The van der Waals surface area contributed by atoms with Crippen LogP contribution >= 0.6 is 0 Å². The Morgan fingerprint density at radius 1 is 0.278 bits per heavy atom. The molecule has 0 aliphatic rings. The van der Waals surface area contributed by atoms with Crippen LogP contribution in [0.1, 0.15) is 22.3 Å². The van der Waals surface area contributed by atoms with Crippen molar-refractivity contribution in [2.45, 2.75) is 13.8 Å². The van der Waals surface area contributed by atoms with Gasteiger partial charge in [-0.15, -0.1) is 0 Å². The minimum absolute atomic E-state index is 1.13. The quantitative estimate of drug-likeness (QED) is 0.132. The SMILES string of the molecule is Cc1cc(C)cc(N(c2ccccc2)c2ccc(-c3ccc(/C=C/c4ccc(-c5ccc(N(c6ccccc6)c6ccccc6)cc5)cc4)cc3)cc2)c1. The van der Waals surface area contributed by atoms with E-state index in [1.165, 1.54) is 50.2 Å². The monoisotopic (exact) mass is 694 g/mol. The van der Waals surface area contributed by atoms with Crippen LogP contribution in [0.5, 0.6) is 0 Å². The molecule has 0 radical (unpaired) electrons. The highest BCUT2D eigenvalue weighted by Crippen LogP contribution is 2.37. The van der Waals surface area contributed by atoms with Crippen LogP contribution in [0, 0.1) is 13.8 Å². The Morgan fingerprint density at radius 3 is 0.889 bits per heavy atom. The number of aryl methyl sites for hydroxylation is 2. The molecule has 0 spiro atoms. The fourth-order valence-electron chi connectivity index (χ4n) is 7.08. The van der Waals surface area contributed by atoms with Crippen LogP contribution in [0.3, 0.4) is 0 Å².